The van der Waals surface area contributed by atoms with E-state index in [0.717, 1.165) is 47.1 Å². The average molecular weight is 688 g/mol. The third-order valence-corrected chi connectivity index (χ3v) is 9.91. The molecule has 0 aliphatic heterocycles. The van der Waals surface area contributed by atoms with E-state index in [-0.39, 0.29) is 11.6 Å². The highest BCUT2D eigenvalue weighted by Crippen LogP contribution is 2.57. The van der Waals surface area contributed by atoms with Crippen molar-refractivity contribution in [1.29, 1.82) is 0 Å². The van der Waals surface area contributed by atoms with Crippen molar-refractivity contribution in [2.75, 3.05) is 0 Å². The topological polar surface area (TPSA) is 168 Å². The molecule has 0 radical (unpaired) electrons. The molecule has 7 N–H and O–H groups in total. The van der Waals surface area contributed by atoms with Crippen LogP contribution in [0.4, 0.5) is 0 Å². The summed E-state index contributed by atoms with van der Waals surface area (Å²) in [5.41, 5.74) is 18.3. The zero-order valence-corrected chi connectivity index (χ0v) is 29.3. The number of carboxylic acids is 1. The molecule has 8 rings (SSSR count). The van der Waals surface area contributed by atoms with Crippen LogP contribution in [0.1, 0.15) is 59.3 Å². The molecule has 49 heavy (non-hydrogen) atoms. The summed E-state index contributed by atoms with van der Waals surface area (Å²) in [6.45, 7) is 4.74. The van der Waals surface area contributed by atoms with Crippen LogP contribution in [0.3, 0.4) is 0 Å². The first-order valence-corrected chi connectivity index (χ1v) is 17.7. The molecule has 4 bridgehead atoms. The first-order valence-electron chi connectivity index (χ1n) is 16.9. The fourth-order valence-electron chi connectivity index (χ4n) is 6.96. The normalized spacial score (nSPS) is 23.2. The molecule has 1 heterocycles. The lowest BCUT2D eigenvalue weighted by Gasteiger charge is -2.55. The monoisotopic (exact) mass is 687 g/mol. The minimum absolute atomic E-state index is 0.126. The SMILES string of the molecule is C[C@H](N)C(=O)O.C[C@H](N)C(=O)OC12CC3CC(CC(C3)C1)C2.C[C@H](N)C(=O)Oc1csc2ccccc12.c1ccc(-c2ccccc2)cc1. The van der Waals surface area contributed by atoms with E-state index >= 15 is 0 Å². The molecule has 1 aromatic heterocycles. The first-order chi connectivity index (χ1) is 23.4. The molecule has 4 fully saturated rings. The van der Waals surface area contributed by atoms with Gasteiger partial charge in [-0.2, -0.15) is 0 Å². The summed E-state index contributed by atoms with van der Waals surface area (Å²) in [5, 5.41) is 10.6. The van der Waals surface area contributed by atoms with Gasteiger partial charge < -0.3 is 31.8 Å². The first kappa shape index (κ1) is 37.7. The van der Waals surface area contributed by atoms with Crippen molar-refractivity contribution in [2.45, 2.75) is 83.0 Å². The highest BCUT2D eigenvalue weighted by Gasteiger charge is 2.53. The third-order valence-electron chi connectivity index (χ3n) is 8.97. The Balaban J connectivity index is 0.000000154. The van der Waals surface area contributed by atoms with Crippen molar-refractivity contribution in [2.24, 2.45) is 35.0 Å². The molecule has 10 heteroatoms. The van der Waals surface area contributed by atoms with Gasteiger partial charge in [0.1, 0.15) is 29.5 Å². The standard InChI is InChI=1S/C13H21NO2.C12H10.C11H11NO2S.C3H7NO2/c1-8(14)12(15)16-13-5-9-2-10(6-13)4-11(3-9)7-13;1-3-7-11(8-4-1)12-9-5-2-6-10-12;1-7(12)11(13)14-9-6-15-10-5-3-2-4-8(9)10;1-2(4)3(5)6/h8-11H,2-7,14H2,1H3;1-10H;2-7H,12H2,1H3;2H,4H2,1H3,(H,5,6)/t8-,9?,10?,11?,13?;;7-;2-/m0.00/s1. The molecule has 9 nitrogen and oxygen atoms in total. The lowest BCUT2D eigenvalue weighted by atomic mass is 9.54. The van der Waals surface area contributed by atoms with Crippen molar-refractivity contribution in [3.63, 3.8) is 0 Å². The Hall–Kier alpha value is -4.09. The summed E-state index contributed by atoms with van der Waals surface area (Å²) in [6.07, 6.45) is 7.39. The number of nitrogens with two attached hydrogens (primary N) is 3. The van der Waals surface area contributed by atoms with E-state index in [4.69, 9.17) is 31.8 Å². The molecule has 0 saturated heterocycles. The van der Waals surface area contributed by atoms with Crippen molar-refractivity contribution in [1.82, 2.24) is 0 Å². The van der Waals surface area contributed by atoms with Gasteiger partial charge in [0.2, 0.25) is 0 Å². The van der Waals surface area contributed by atoms with E-state index in [0.29, 0.717) is 5.75 Å². The summed E-state index contributed by atoms with van der Waals surface area (Å²) < 4.78 is 12.0. The van der Waals surface area contributed by atoms with Crippen LogP contribution in [0, 0.1) is 17.8 Å². The maximum absolute atomic E-state index is 11.7. The van der Waals surface area contributed by atoms with Crippen LogP contribution in [0.5, 0.6) is 5.75 Å². The van der Waals surface area contributed by atoms with Crippen molar-refractivity contribution in [3.8, 4) is 16.9 Å². The summed E-state index contributed by atoms with van der Waals surface area (Å²) in [6, 6.07) is 26.8. The summed E-state index contributed by atoms with van der Waals surface area (Å²) in [7, 11) is 0. The molecular weight excluding hydrogens is 639 g/mol. The second-order valence-electron chi connectivity index (χ2n) is 13.5. The molecule has 3 atom stereocenters. The van der Waals surface area contributed by atoms with Gasteiger partial charge in [0.15, 0.2) is 0 Å². The number of hydrogen-bond donors (Lipinski definition) is 4. The van der Waals surface area contributed by atoms with Crippen LogP contribution in [-0.2, 0) is 19.1 Å². The van der Waals surface area contributed by atoms with Gasteiger partial charge in [-0.05, 0) is 100 Å². The highest BCUT2D eigenvalue weighted by molar-refractivity contribution is 7.17. The molecule has 0 amide bonds. The van der Waals surface area contributed by atoms with E-state index in [9.17, 15) is 14.4 Å². The van der Waals surface area contributed by atoms with Crippen LogP contribution in [-0.4, -0.2) is 46.7 Å². The Morgan fingerprint density at radius 3 is 1.55 bits per heavy atom. The van der Waals surface area contributed by atoms with Gasteiger partial charge in [-0.25, -0.2) is 4.79 Å². The van der Waals surface area contributed by atoms with Crippen LogP contribution in [0.2, 0.25) is 0 Å². The number of esters is 2. The molecule has 0 unspecified atom stereocenters. The Morgan fingerprint density at radius 2 is 1.12 bits per heavy atom. The largest absolute Gasteiger partial charge is 0.480 e. The summed E-state index contributed by atoms with van der Waals surface area (Å²) in [4.78, 5) is 32.6. The highest BCUT2D eigenvalue weighted by atomic mass is 32.1. The minimum atomic E-state index is -0.963. The smallest absolute Gasteiger partial charge is 0.328 e. The van der Waals surface area contributed by atoms with E-state index < -0.39 is 30.1 Å². The Labute approximate surface area is 292 Å². The number of carbonyl (C=O) groups is 3. The molecule has 3 aromatic carbocycles. The zero-order valence-electron chi connectivity index (χ0n) is 28.5. The predicted molar refractivity (Wildman–Crippen MR) is 195 cm³/mol. The molecule has 4 saturated carbocycles. The average Bonchev–Trinajstić information content (AvgIpc) is 3.48. The van der Waals surface area contributed by atoms with Gasteiger partial charge in [-0.15, -0.1) is 11.3 Å². The Kier molecular flexibility index (Phi) is 13.5. The fourth-order valence-corrected chi connectivity index (χ4v) is 7.82. The number of fused-ring (bicyclic) bond motifs is 1. The van der Waals surface area contributed by atoms with Gasteiger partial charge in [0.05, 0.1) is 0 Å². The van der Waals surface area contributed by atoms with Gasteiger partial charge in [-0.3, -0.25) is 9.59 Å². The predicted octanol–water partition coefficient (Wildman–Crippen LogP) is 6.77. The second kappa shape index (κ2) is 17.5. The van der Waals surface area contributed by atoms with E-state index in [2.05, 4.69) is 48.5 Å². The quantitative estimate of drug-likeness (QED) is 0.160. The number of carbonyl (C=O) groups excluding carboxylic acids is 2. The Bertz CT molecular complexity index is 1580. The lowest BCUT2D eigenvalue weighted by Crippen LogP contribution is -2.54. The van der Waals surface area contributed by atoms with Crippen LogP contribution in [0.25, 0.3) is 21.2 Å². The number of thiophene rings is 1. The van der Waals surface area contributed by atoms with Gasteiger partial charge in [0.25, 0.3) is 0 Å². The number of aliphatic carboxylic acids is 1. The zero-order chi connectivity index (χ0) is 35.6. The second-order valence-corrected chi connectivity index (χ2v) is 14.4. The van der Waals surface area contributed by atoms with E-state index in [1.807, 2.05) is 41.8 Å². The van der Waals surface area contributed by atoms with E-state index in [1.54, 1.807) is 25.2 Å². The van der Waals surface area contributed by atoms with Gasteiger partial charge in [-0.1, -0.05) is 72.8 Å². The number of ether oxygens (including phenoxy) is 2. The maximum atomic E-state index is 11.7. The van der Waals surface area contributed by atoms with E-state index in [1.165, 1.54) is 37.3 Å². The number of hydrogen-bond acceptors (Lipinski definition) is 9. The number of benzene rings is 3. The summed E-state index contributed by atoms with van der Waals surface area (Å²) in [5.74, 6) is 1.46. The minimum Gasteiger partial charge on any atom is -0.480 e. The lowest BCUT2D eigenvalue weighted by molar-refractivity contribution is -0.187. The fraction of sp³-hybridized carbons (Fsp3) is 0.410. The van der Waals surface area contributed by atoms with Crippen LogP contribution >= 0.6 is 11.3 Å². The van der Waals surface area contributed by atoms with Crippen LogP contribution < -0.4 is 21.9 Å². The summed E-state index contributed by atoms with van der Waals surface area (Å²) >= 11 is 1.55. The van der Waals surface area contributed by atoms with Gasteiger partial charge >= 0.3 is 17.9 Å². The molecule has 4 aliphatic carbocycles. The van der Waals surface area contributed by atoms with Crippen molar-refractivity contribution < 1.29 is 29.0 Å². The van der Waals surface area contributed by atoms with Crippen LogP contribution in [0.15, 0.2) is 90.3 Å². The molecule has 4 aliphatic rings. The molecular formula is C39H49N3O6S. The molecule has 4 aromatic rings. The van der Waals surface area contributed by atoms with Crippen molar-refractivity contribution >= 4 is 39.3 Å². The molecule has 0 spiro atoms. The van der Waals surface area contributed by atoms with Gasteiger partial charge in [0, 0.05) is 15.5 Å². The number of rotatable bonds is 6. The Morgan fingerprint density at radius 1 is 0.694 bits per heavy atom. The molecule has 262 valence electrons. The number of carboxylic acid groups (broad SMARTS) is 1. The van der Waals surface area contributed by atoms with Crippen molar-refractivity contribution in [3.05, 3.63) is 90.3 Å². The third kappa shape index (κ3) is 11.0. The maximum Gasteiger partial charge on any atom is 0.328 e.